The van der Waals surface area contributed by atoms with E-state index in [1.165, 1.54) is 16.7 Å². The molecule has 0 heterocycles. The number of aliphatic hydroxyl groups excluding tert-OH is 4. The molecule has 0 saturated heterocycles. The van der Waals surface area contributed by atoms with Gasteiger partial charge in [-0.2, -0.15) is 4.31 Å². The molecule has 0 spiro atoms. The van der Waals surface area contributed by atoms with Crippen LogP contribution in [0.1, 0.15) is 73.5 Å². The minimum absolute atomic E-state index is 0.372. The lowest BCUT2D eigenvalue weighted by molar-refractivity contribution is -0.0854. The molecule has 0 fully saturated rings. The van der Waals surface area contributed by atoms with E-state index in [4.69, 9.17) is 19.6 Å². The standard InChI is InChI=1S/C24H34O4.H4O7P2/c1-16(2)18-9-10-20(22(12-18)17(3)4)11-19-7-5-6-8-21(19)23(28)24(13-25,14-26)15-27;1-8(2,3)7-9(4,5)6/h5-10,12,16-17,23,25-28H,11,13-15H2,1-4H3;(H2,1,2,3)(H2,4,5,6). The van der Waals surface area contributed by atoms with E-state index in [9.17, 15) is 29.6 Å². The average molecular weight is 565 g/mol. The van der Waals surface area contributed by atoms with E-state index in [0.717, 1.165) is 5.56 Å². The molecule has 0 bridgehead atoms. The van der Waals surface area contributed by atoms with Crippen molar-refractivity contribution in [2.24, 2.45) is 5.41 Å². The van der Waals surface area contributed by atoms with Gasteiger partial charge in [-0.1, -0.05) is 70.2 Å². The van der Waals surface area contributed by atoms with E-state index in [2.05, 4.69) is 50.2 Å². The summed E-state index contributed by atoms with van der Waals surface area (Å²) in [5.74, 6) is 0.831. The van der Waals surface area contributed by atoms with Gasteiger partial charge in [0.25, 0.3) is 0 Å². The number of hydrogen-bond acceptors (Lipinski definition) is 7. The van der Waals surface area contributed by atoms with Crippen molar-refractivity contribution in [3.63, 3.8) is 0 Å². The first-order valence-corrected chi connectivity index (χ1v) is 14.6. The van der Waals surface area contributed by atoms with Crippen molar-refractivity contribution in [1.82, 2.24) is 0 Å². The van der Waals surface area contributed by atoms with Crippen molar-refractivity contribution in [2.45, 2.75) is 52.1 Å². The van der Waals surface area contributed by atoms with Crippen LogP contribution in [0.3, 0.4) is 0 Å². The van der Waals surface area contributed by atoms with Crippen LogP contribution in [0.25, 0.3) is 0 Å². The SMILES string of the molecule is CC(C)c1ccc(Cc2ccccc2C(O)C(CO)(CO)CO)c(C(C)C)c1.O=P(O)(O)OP(=O)(O)O. The maximum Gasteiger partial charge on any atom is 0.478 e. The third-order valence-corrected chi connectivity index (χ3v) is 7.63. The highest BCUT2D eigenvalue weighted by molar-refractivity contribution is 7.60. The molecule has 11 nitrogen and oxygen atoms in total. The zero-order chi connectivity index (χ0) is 28.6. The summed E-state index contributed by atoms with van der Waals surface area (Å²) in [5.41, 5.74) is 3.96. The molecular formula is C24H38O11P2. The minimum Gasteiger partial charge on any atom is -0.395 e. The van der Waals surface area contributed by atoms with Gasteiger partial charge in [-0.3, -0.25) is 0 Å². The lowest BCUT2D eigenvalue weighted by Gasteiger charge is -2.34. The van der Waals surface area contributed by atoms with Crippen molar-refractivity contribution in [3.8, 4) is 0 Å². The Hall–Kier alpha value is -1.46. The first-order valence-electron chi connectivity index (χ1n) is 11.5. The highest BCUT2D eigenvalue weighted by Crippen LogP contribution is 2.53. The second-order valence-electron chi connectivity index (χ2n) is 9.45. The molecule has 0 aromatic heterocycles. The highest BCUT2D eigenvalue weighted by atomic mass is 31.3. The zero-order valence-corrected chi connectivity index (χ0v) is 23.1. The van der Waals surface area contributed by atoms with Crippen LogP contribution in [0.5, 0.6) is 0 Å². The fourth-order valence-electron chi connectivity index (χ4n) is 3.72. The van der Waals surface area contributed by atoms with Gasteiger partial charge in [0.2, 0.25) is 0 Å². The van der Waals surface area contributed by atoms with Gasteiger partial charge in [-0.05, 0) is 46.1 Å². The van der Waals surface area contributed by atoms with Crippen LogP contribution in [0, 0.1) is 5.41 Å². The predicted octanol–water partition coefficient (Wildman–Crippen LogP) is 2.71. The highest BCUT2D eigenvalue weighted by Gasteiger charge is 2.38. The summed E-state index contributed by atoms with van der Waals surface area (Å²) in [6, 6.07) is 14.1. The monoisotopic (exact) mass is 564 g/mol. The second-order valence-corrected chi connectivity index (χ2v) is 12.1. The molecule has 37 heavy (non-hydrogen) atoms. The van der Waals surface area contributed by atoms with E-state index in [-0.39, 0.29) is 0 Å². The lowest BCUT2D eigenvalue weighted by Crippen LogP contribution is -2.40. The molecule has 0 aliphatic carbocycles. The Morgan fingerprint density at radius 3 is 1.65 bits per heavy atom. The fraction of sp³-hybridized carbons (Fsp3) is 0.500. The van der Waals surface area contributed by atoms with Gasteiger partial charge in [-0.25, -0.2) is 9.13 Å². The van der Waals surface area contributed by atoms with Gasteiger partial charge in [0.15, 0.2) is 0 Å². The average Bonchev–Trinajstić information content (AvgIpc) is 2.79. The maximum atomic E-state index is 10.9. The van der Waals surface area contributed by atoms with Crippen LogP contribution >= 0.6 is 15.6 Å². The van der Waals surface area contributed by atoms with Gasteiger partial charge >= 0.3 is 15.6 Å². The normalized spacial score (nSPS) is 13.5. The van der Waals surface area contributed by atoms with Gasteiger partial charge < -0.3 is 40.0 Å². The molecule has 2 aromatic carbocycles. The van der Waals surface area contributed by atoms with Gasteiger partial charge in [-0.15, -0.1) is 0 Å². The van der Waals surface area contributed by atoms with Gasteiger partial charge in [0, 0.05) is 0 Å². The number of phosphoric acid groups is 2. The quantitative estimate of drug-likeness (QED) is 0.186. The summed E-state index contributed by atoms with van der Waals surface area (Å²) in [7, 11) is -10.1. The molecule has 210 valence electrons. The summed E-state index contributed by atoms with van der Waals surface area (Å²) in [5, 5.41) is 40.0. The largest absolute Gasteiger partial charge is 0.478 e. The topological polar surface area (TPSA) is 205 Å². The molecule has 1 unspecified atom stereocenters. The van der Waals surface area contributed by atoms with Crippen molar-refractivity contribution < 1.29 is 53.4 Å². The third-order valence-electron chi connectivity index (χ3n) is 5.93. The molecular weight excluding hydrogens is 526 g/mol. The van der Waals surface area contributed by atoms with Crippen LogP contribution in [-0.2, 0) is 19.9 Å². The third kappa shape index (κ3) is 10.3. The molecule has 0 saturated carbocycles. The van der Waals surface area contributed by atoms with Crippen LogP contribution in [0.2, 0.25) is 0 Å². The van der Waals surface area contributed by atoms with Crippen LogP contribution in [-0.4, -0.2) is 59.8 Å². The van der Waals surface area contributed by atoms with Crippen LogP contribution in [0.15, 0.2) is 42.5 Å². The molecule has 0 amide bonds. The van der Waals surface area contributed by atoms with Crippen LogP contribution < -0.4 is 0 Å². The number of hydrogen-bond donors (Lipinski definition) is 8. The molecule has 8 N–H and O–H groups in total. The smallest absolute Gasteiger partial charge is 0.395 e. The van der Waals surface area contributed by atoms with E-state index in [1.807, 2.05) is 18.2 Å². The fourth-order valence-corrected chi connectivity index (χ4v) is 4.82. The molecule has 0 radical (unpaired) electrons. The zero-order valence-electron chi connectivity index (χ0n) is 21.3. The van der Waals surface area contributed by atoms with Crippen molar-refractivity contribution in [2.75, 3.05) is 19.8 Å². The molecule has 0 aliphatic heterocycles. The van der Waals surface area contributed by atoms with E-state index in [0.29, 0.717) is 23.8 Å². The lowest BCUT2D eigenvalue weighted by atomic mass is 9.78. The molecule has 0 aliphatic rings. The Bertz CT molecular complexity index is 1060. The van der Waals surface area contributed by atoms with E-state index in [1.54, 1.807) is 6.07 Å². The predicted molar refractivity (Wildman–Crippen MR) is 138 cm³/mol. The van der Waals surface area contributed by atoms with Gasteiger partial charge in [0.05, 0.1) is 31.3 Å². The minimum atomic E-state index is -5.05. The number of rotatable bonds is 11. The number of benzene rings is 2. The first-order chi connectivity index (χ1) is 17.0. The van der Waals surface area contributed by atoms with Crippen molar-refractivity contribution in [3.05, 3.63) is 70.3 Å². The van der Waals surface area contributed by atoms with Crippen molar-refractivity contribution >= 4 is 15.6 Å². The number of aliphatic hydroxyl groups is 4. The Kier molecular flexibility index (Phi) is 12.8. The van der Waals surface area contributed by atoms with Crippen molar-refractivity contribution in [1.29, 1.82) is 0 Å². The summed E-state index contributed by atoms with van der Waals surface area (Å²) >= 11 is 0. The molecule has 2 aromatic rings. The Morgan fingerprint density at radius 2 is 1.24 bits per heavy atom. The molecule has 1 atom stereocenters. The van der Waals surface area contributed by atoms with E-state index < -0.39 is 47.0 Å². The molecule has 13 heteroatoms. The maximum absolute atomic E-state index is 10.9. The Morgan fingerprint density at radius 1 is 0.757 bits per heavy atom. The summed E-state index contributed by atoms with van der Waals surface area (Å²) < 4.78 is 22.2. The summed E-state index contributed by atoms with van der Waals surface area (Å²) in [6.45, 7) is 7.21. The van der Waals surface area contributed by atoms with E-state index >= 15 is 0 Å². The Labute approximate surface area is 216 Å². The van der Waals surface area contributed by atoms with Crippen LogP contribution in [0.4, 0.5) is 0 Å². The second kappa shape index (κ2) is 14.1. The Balaban J connectivity index is 0.000000649. The molecule has 2 rings (SSSR count). The first kappa shape index (κ1) is 33.6. The summed E-state index contributed by atoms with van der Waals surface area (Å²) in [4.78, 5) is 31.0. The summed E-state index contributed by atoms with van der Waals surface area (Å²) in [6.07, 6.45) is -0.529. The van der Waals surface area contributed by atoms with Gasteiger partial charge in [0.1, 0.15) is 0 Å².